The van der Waals surface area contributed by atoms with Crippen LogP contribution in [0.25, 0.3) is 0 Å². The summed E-state index contributed by atoms with van der Waals surface area (Å²) in [5.74, 6) is -0.709. The third kappa shape index (κ3) is 3.70. The van der Waals surface area contributed by atoms with Gasteiger partial charge in [0, 0.05) is 6.04 Å². The zero-order valence-corrected chi connectivity index (χ0v) is 18.8. The summed E-state index contributed by atoms with van der Waals surface area (Å²) in [5, 5.41) is 5.09. The lowest BCUT2D eigenvalue weighted by Gasteiger charge is -2.60. The summed E-state index contributed by atoms with van der Waals surface area (Å²) in [5.41, 5.74) is -0.0492. The van der Waals surface area contributed by atoms with Crippen LogP contribution in [0.15, 0.2) is 12.2 Å². The zero-order chi connectivity index (χ0) is 22.8. The molecule has 1 heterocycles. The van der Waals surface area contributed by atoms with Gasteiger partial charge in [-0.05, 0) is 86.0 Å². The molecule has 0 bridgehead atoms. The van der Waals surface area contributed by atoms with Crippen LogP contribution in [0.3, 0.4) is 0 Å². The van der Waals surface area contributed by atoms with Gasteiger partial charge in [-0.1, -0.05) is 26.8 Å². The average Bonchev–Trinajstić information content (AvgIpc) is 3.06. The fourth-order valence-corrected chi connectivity index (χ4v) is 7.72. The topological polar surface area (TPSA) is 58.2 Å². The van der Waals surface area contributed by atoms with Crippen LogP contribution in [0.4, 0.5) is 13.2 Å². The first-order chi connectivity index (χ1) is 14.4. The minimum atomic E-state index is -4.63. The summed E-state index contributed by atoms with van der Waals surface area (Å²) in [6.45, 7) is 9.19. The predicted octanol–water partition coefficient (Wildman–Crippen LogP) is 4.75. The van der Waals surface area contributed by atoms with Gasteiger partial charge >= 0.3 is 6.18 Å². The molecule has 4 rings (SSSR count). The van der Waals surface area contributed by atoms with Gasteiger partial charge < -0.3 is 10.6 Å². The van der Waals surface area contributed by atoms with Gasteiger partial charge in [-0.2, -0.15) is 13.2 Å². The molecule has 0 aromatic rings. The van der Waals surface area contributed by atoms with Crippen molar-refractivity contribution >= 4 is 11.8 Å². The number of halogens is 3. The fraction of sp³-hybridized carbons (Fsp3) is 0.833. The number of amides is 2. The van der Waals surface area contributed by atoms with Crippen LogP contribution in [0.2, 0.25) is 0 Å². The van der Waals surface area contributed by atoms with Gasteiger partial charge in [-0.25, -0.2) is 0 Å². The molecule has 0 aromatic carbocycles. The Kier molecular flexibility index (Phi) is 5.49. The van der Waals surface area contributed by atoms with E-state index >= 15 is 0 Å². The van der Waals surface area contributed by atoms with Crippen LogP contribution in [0, 0.1) is 34.5 Å². The first-order valence-corrected chi connectivity index (χ1v) is 11.7. The quantitative estimate of drug-likeness (QED) is 0.492. The van der Waals surface area contributed by atoms with Gasteiger partial charge in [0.05, 0.1) is 0 Å². The second kappa shape index (κ2) is 7.51. The monoisotopic (exact) mass is 440 g/mol. The lowest BCUT2D eigenvalue weighted by atomic mass is 9.47. The smallest absolute Gasteiger partial charge is 0.352 e. The molecule has 0 radical (unpaired) electrons. The molecule has 3 saturated carbocycles. The van der Waals surface area contributed by atoms with Crippen LogP contribution in [0.5, 0.6) is 0 Å². The maximum absolute atomic E-state index is 13.3. The number of carbonyl (C=O) groups excluding carboxylic acids is 2. The molecular formula is C24H35F3N2O2. The molecule has 3 unspecified atom stereocenters. The fourth-order valence-electron chi connectivity index (χ4n) is 7.72. The lowest BCUT2D eigenvalue weighted by molar-refractivity contribution is -0.162. The van der Waals surface area contributed by atoms with Gasteiger partial charge in [0.1, 0.15) is 12.0 Å². The van der Waals surface area contributed by atoms with Crippen molar-refractivity contribution in [2.75, 3.05) is 0 Å². The highest BCUT2D eigenvalue weighted by molar-refractivity contribution is 6.01. The van der Waals surface area contributed by atoms with E-state index in [1.54, 1.807) is 0 Å². The average molecular weight is 441 g/mol. The number of nitrogens with one attached hydrogen (secondary N) is 2. The van der Waals surface area contributed by atoms with E-state index < -0.39 is 30.0 Å². The summed E-state index contributed by atoms with van der Waals surface area (Å²) in [7, 11) is 0. The van der Waals surface area contributed by atoms with Crippen LogP contribution in [0.1, 0.15) is 72.1 Å². The van der Waals surface area contributed by atoms with E-state index in [9.17, 15) is 22.8 Å². The Morgan fingerprint density at radius 2 is 1.87 bits per heavy atom. The number of piperidine rings is 1. The highest BCUT2D eigenvalue weighted by Gasteiger charge is 2.60. The Bertz CT molecular complexity index is 781. The van der Waals surface area contributed by atoms with Gasteiger partial charge in [-0.3, -0.25) is 9.59 Å². The first-order valence-electron chi connectivity index (χ1n) is 11.7. The van der Waals surface area contributed by atoms with Gasteiger partial charge in [-0.15, -0.1) is 0 Å². The maximum Gasteiger partial charge on any atom is 0.412 e. The second-order valence-corrected chi connectivity index (χ2v) is 11.2. The number of rotatable bonds is 3. The molecule has 1 aliphatic heterocycles. The minimum absolute atomic E-state index is 0.00406. The van der Waals surface area contributed by atoms with E-state index in [0.29, 0.717) is 29.6 Å². The third-order valence-electron chi connectivity index (χ3n) is 9.35. The number of hydrogen-bond acceptors (Lipinski definition) is 2. The maximum atomic E-state index is 13.3. The molecule has 3 aliphatic carbocycles. The minimum Gasteiger partial charge on any atom is -0.352 e. The lowest BCUT2D eigenvalue weighted by Crippen LogP contribution is -2.65. The van der Waals surface area contributed by atoms with Crippen LogP contribution in [-0.4, -0.2) is 30.1 Å². The van der Waals surface area contributed by atoms with Crippen molar-refractivity contribution in [2.24, 2.45) is 34.5 Å². The molecule has 4 nitrogen and oxygen atoms in total. The Morgan fingerprint density at radius 1 is 1.16 bits per heavy atom. The zero-order valence-electron chi connectivity index (χ0n) is 18.8. The van der Waals surface area contributed by atoms with E-state index in [0.717, 1.165) is 25.7 Å². The van der Waals surface area contributed by atoms with Crippen molar-refractivity contribution in [3.63, 3.8) is 0 Å². The van der Waals surface area contributed by atoms with E-state index in [1.807, 2.05) is 0 Å². The third-order valence-corrected chi connectivity index (χ3v) is 9.35. The van der Waals surface area contributed by atoms with Gasteiger partial charge in [0.15, 0.2) is 0 Å². The normalized spacial score (nSPS) is 43.2. The summed E-state index contributed by atoms with van der Waals surface area (Å²) < 4.78 is 40.0. The molecule has 2 amide bonds. The van der Waals surface area contributed by atoms with Gasteiger partial charge in [0.2, 0.25) is 11.8 Å². The molecule has 0 spiro atoms. The van der Waals surface area contributed by atoms with E-state index in [4.69, 9.17) is 0 Å². The number of hydrogen-bond donors (Lipinski definition) is 2. The molecule has 31 heavy (non-hydrogen) atoms. The SMILES string of the molecule is C=C(C)C(NC(=O)C1C[C@@]2(C)C(CC[C@@H]3[C@H]2CC[C@]2(C)CCC[C@@H]32)NC1=O)C(F)(F)F. The van der Waals surface area contributed by atoms with E-state index in [2.05, 4.69) is 31.1 Å². The molecule has 1 saturated heterocycles. The van der Waals surface area contributed by atoms with Crippen LogP contribution >= 0.6 is 0 Å². The van der Waals surface area contributed by atoms with Crippen molar-refractivity contribution in [3.05, 3.63) is 12.2 Å². The Labute approximate surface area is 182 Å². The molecule has 2 N–H and O–H groups in total. The number of carbonyl (C=O) groups is 2. The highest BCUT2D eigenvalue weighted by atomic mass is 19.4. The number of alkyl halides is 3. The molecule has 0 aromatic heterocycles. The largest absolute Gasteiger partial charge is 0.412 e. The Balaban J connectivity index is 1.55. The molecule has 4 aliphatic rings. The molecule has 174 valence electrons. The van der Waals surface area contributed by atoms with Crippen molar-refractivity contribution < 1.29 is 22.8 Å². The van der Waals surface area contributed by atoms with Crippen molar-refractivity contribution in [2.45, 2.75) is 90.4 Å². The van der Waals surface area contributed by atoms with Gasteiger partial charge in [0.25, 0.3) is 0 Å². The summed E-state index contributed by atoms with van der Waals surface area (Å²) in [4.78, 5) is 25.6. The van der Waals surface area contributed by atoms with Crippen molar-refractivity contribution in [1.82, 2.24) is 10.6 Å². The van der Waals surface area contributed by atoms with Crippen LogP contribution < -0.4 is 10.6 Å². The molecular weight excluding hydrogens is 405 g/mol. The van der Waals surface area contributed by atoms with E-state index in [1.165, 1.54) is 26.2 Å². The van der Waals surface area contributed by atoms with Crippen molar-refractivity contribution in [3.8, 4) is 0 Å². The molecule has 4 fully saturated rings. The first kappa shape index (κ1) is 22.7. The predicted molar refractivity (Wildman–Crippen MR) is 112 cm³/mol. The summed E-state index contributed by atoms with van der Waals surface area (Å²) >= 11 is 0. The van der Waals surface area contributed by atoms with Crippen LogP contribution in [-0.2, 0) is 9.59 Å². The summed E-state index contributed by atoms with van der Waals surface area (Å²) in [6.07, 6.45) is 3.71. The van der Waals surface area contributed by atoms with Crippen molar-refractivity contribution in [1.29, 1.82) is 0 Å². The standard InChI is InChI=1S/C24H35F3N2O2/c1-13(2)19(24(25,26)27)29-21(31)15-12-23(4)17-9-11-22(3)10-5-6-16(22)14(17)7-8-18(23)28-20(15)30/h14-19H,1,5-12H2,2-4H3,(H,28,30)(H,29,31)/t14-,15?,16-,17+,18?,19?,22-,23+/m0/s1. The highest BCUT2D eigenvalue weighted by Crippen LogP contribution is 2.64. The number of fused-ring (bicyclic) bond motifs is 5. The second-order valence-electron chi connectivity index (χ2n) is 11.2. The molecule has 8 atom stereocenters. The Morgan fingerprint density at radius 3 is 2.52 bits per heavy atom. The molecule has 7 heteroatoms. The Hall–Kier alpha value is -1.53. The van der Waals surface area contributed by atoms with E-state index in [-0.39, 0.29) is 17.0 Å². The summed E-state index contributed by atoms with van der Waals surface area (Å²) in [6, 6.07) is -2.14.